The fourth-order valence-corrected chi connectivity index (χ4v) is 1.58. The van der Waals surface area contributed by atoms with Crippen molar-refractivity contribution in [2.75, 3.05) is 13.4 Å². The summed E-state index contributed by atoms with van der Waals surface area (Å²) >= 11 is 1.58. The molecule has 1 nitrogen and oxygen atoms in total. The molecule has 0 radical (unpaired) electrons. The number of halogens is 1. The number of methoxy groups -OCH3 is 1. The van der Waals surface area contributed by atoms with E-state index in [2.05, 4.69) is 0 Å². The molecule has 0 aliphatic carbocycles. The summed E-state index contributed by atoms with van der Waals surface area (Å²) < 4.78 is 18.2. The molecule has 0 saturated carbocycles. The minimum absolute atomic E-state index is 0.191. The molecular weight excluding hydrogens is 175 g/mol. The van der Waals surface area contributed by atoms with Gasteiger partial charge in [0.25, 0.3) is 0 Å². The van der Waals surface area contributed by atoms with Gasteiger partial charge in [0.1, 0.15) is 11.6 Å². The van der Waals surface area contributed by atoms with E-state index < -0.39 is 0 Å². The first-order valence-corrected chi connectivity index (χ1v) is 4.99. The molecule has 0 aromatic heterocycles. The van der Waals surface area contributed by atoms with Crippen molar-refractivity contribution in [2.45, 2.75) is 5.75 Å². The van der Waals surface area contributed by atoms with E-state index in [1.54, 1.807) is 31.0 Å². The SMILES string of the molecule is COc1cccc(F)c1CSC. The smallest absolute Gasteiger partial charge is 0.130 e. The van der Waals surface area contributed by atoms with E-state index in [4.69, 9.17) is 4.74 Å². The van der Waals surface area contributed by atoms with E-state index in [1.165, 1.54) is 6.07 Å². The van der Waals surface area contributed by atoms with Crippen LogP contribution in [0.4, 0.5) is 4.39 Å². The van der Waals surface area contributed by atoms with Gasteiger partial charge in [-0.15, -0.1) is 0 Å². The van der Waals surface area contributed by atoms with E-state index in [9.17, 15) is 4.39 Å². The molecule has 1 rings (SSSR count). The van der Waals surface area contributed by atoms with Crippen LogP contribution >= 0.6 is 11.8 Å². The third-order valence-electron chi connectivity index (χ3n) is 1.58. The van der Waals surface area contributed by atoms with Gasteiger partial charge in [0.05, 0.1) is 7.11 Å². The Morgan fingerprint density at radius 2 is 2.25 bits per heavy atom. The standard InChI is InChI=1S/C9H11FOS/c1-11-9-5-3-4-8(10)7(9)6-12-2/h3-5H,6H2,1-2H3. The van der Waals surface area contributed by atoms with Crippen LogP contribution in [0.25, 0.3) is 0 Å². The van der Waals surface area contributed by atoms with Crippen LogP contribution in [-0.2, 0) is 5.75 Å². The average Bonchev–Trinajstić information content (AvgIpc) is 2.09. The molecule has 0 spiro atoms. The molecule has 0 aliphatic rings. The molecule has 66 valence electrons. The summed E-state index contributed by atoms with van der Waals surface area (Å²) in [5, 5.41) is 0. The first-order valence-electron chi connectivity index (χ1n) is 3.60. The van der Waals surface area contributed by atoms with Gasteiger partial charge in [0.15, 0.2) is 0 Å². The Morgan fingerprint density at radius 3 is 2.83 bits per heavy atom. The van der Waals surface area contributed by atoms with Crippen molar-refractivity contribution in [3.8, 4) is 5.75 Å². The maximum absolute atomic E-state index is 13.1. The number of hydrogen-bond acceptors (Lipinski definition) is 2. The molecule has 0 heterocycles. The Bertz CT molecular complexity index is 263. The summed E-state index contributed by atoms with van der Waals surface area (Å²) in [7, 11) is 1.55. The van der Waals surface area contributed by atoms with Gasteiger partial charge in [-0.1, -0.05) is 6.07 Å². The largest absolute Gasteiger partial charge is 0.496 e. The molecule has 1 aromatic carbocycles. The molecule has 0 amide bonds. The Kier molecular flexibility index (Phi) is 3.41. The second-order valence-electron chi connectivity index (χ2n) is 2.35. The highest BCUT2D eigenvalue weighted by molar-refractivity contribution is 7.97. The molecule has 0 aliphatic heterocycles. The van der Waals surface area contributed by atoms with Crippen LogP contribution in [0.15, 0.2) is 18.2 Å². The van der Waals surface area contributed by atoms with Gasteiger partial charge in [-0.05, 0) is 18.4 Å². The van der Waals surface area contributed by atoms with Crippen molar-refractivity contribution in [2.24, 2.45) is 0 Å². The predicted octanol–water partition coefficient (Wildman–Crippen LogP) is 2.70. The van der Waals surface area contributed by atoms with Crippen molar-refractivity contribution in [3.05, 3.63) is 29.6 Å². The van der Waals surface area contributed by atoms with Gasteiger partial charge in [0.2, 0.25) is 0 Å². The average molecular weight is 186 g/mol. The highest BCUT2D eigenvalue weighted by Gasteiger charge is 2.06. The summed E-state index contributed by atoms with van der Waals surface area (Å²) in [5.74, 6) is 1.09. The number of ether oxygens (including phenoxy) is 1. The van der Waals surface area contributed by atoms with Crippen LogP contribution < -0.4 is 4.74 Å². The minimum atomic E-state index is -0.191. The van der Waals surface area contributed by atoms with Crippen molar-refractivity contribution in [3.63, 3.8) is 0 Å². The first kappa shape index (κ1) is 9.39. The topological polar surface area (TPSA) is 9.23 Å². The fraction of sp³-hybridized carbons (Fsp3) is 0.333. The van der Waals surface area contributed by atoms with Crippen molar-refractivity contribution in [1.82, 2.24) is 0 Å². The molecule has 0 N–H and O–H groups in total. The van der Waals surface area contributed by atoms with Gasteiger partial charge in [-0.25, -0.2) is 4.39 Å². The molecular formula is C9H11FOS. The lowest BCUT2D eigenvalue weighted by atomic mass is 10.2. The summed E-state index contributed by atoms with van der Waals surface area (Å²) in [6.07, 6.45) is 1.94. The molecule has 0 unspecified atom stereocenters. The van der Waals surface area contributed by atoms with E-state index in [1.807, 2.05) is 6.26 Å². The van der Waals surface area contributed by atoms with Crippen LogP contribution in [0.1, 0.15) is 5.56 Å². The molecule has 3 heteroatoms. The number of thioether (sulfide) groups is 1. The lowest BCUT2D eigenvalue weighted by Crippen LogP contribution is -1.93. The Hall–Kier alpha value is -0.700. The zero-order valence-corrected chi connectivity index (χ0v) is 7.95. The predicted molar refractivity (Wildman–Crippen MR) is 50.2 cm³/mol. The van der Waals surface area contributed by atoms with Gasteiger partial charge in [0, 0.05) is 11.3 Å². The Balaban J connectivity index is 3.02. The number of rotatable bonds is 3. The maximum Gasteiger partial charge on any atom is 0.130 e. The van der Waals surface area contributed by atoms with Crippen LogP contribution in [0, 0.1) is 5.82 Å². The second-order valence-corrected chi connectivity index (χ2v) is 3.22. The highest BCUT2D eigenvalue weighted by atomic mass is 32.2. The van der Waals surface area contributed by atoms with Crippen LogP contribution in [0.5, 0.6) is 5.75 Å². The van der Waals surface area contributed by atoms with Gasteiger partial charge < -0.3 is 4.74 Å². The zero-order chi connectivity index (χ0) is 8.97. The lowest BCUT2D eigenvalue weighted by molar-refractivity contribution is 0.407. The molecule has 0 bridgehead atoms. The minimum Gasteiger partial charge on any atom is -0.496 e. The quantitative estimate of drug-likeness (QED) is 0.717. The zero-order valence-electron chi connectivity index (χ0n) is 7.13. The third kappa shape index (κ3) is 1.91. The van der Waals surface area contributed by atoms with E-state index in [-0.39, 0.29) is 5.82 Å². The summed E-state index contributed by atoms with van der Waals surface area (Å²) in [6.45, 7) is 0. The molecule has 12 heavy (non-hydrogen) atoms. The molecule has 0 fully saturated rings. The van der Waals surface area contributed by atoms with Crippen molar-refractivity contribution >= 4 is 11.8 Å². The third-order valence-corrected chi connectivity index (χ3v) is 2.16. The molecule has 0 atom stereocenters. The van der Waals surface area contributed by atoms with E-state index in [0.29, 0.717) is 17.1 Å². The lowest BCUT2D eigenvalue weighted by Gasteiger charge is -2.07. The summed E-state index contributed by atoms with van der Waals surface area (Å²) in [6, 6.07) is 4.88. The van der Waals surface area contributed by atoms with Crippen molar-refractivity contribution < 1.29 is 9.13 Å². The van der Waals surface area contributed by atoms with Crippen molar-refractivity contribution in [1.29, 1.82) is 0 Å². The van der Waals surface area contributed by atoms with Crippen LogP contribution in [0.3, 0.4) is 0 Å². The Morgan fingerprint density at radius 1 is 1.50 bits per heavy atom. The van der Waals surface area contributed by atoms with E-state index in [0.717, 1.165) is 0 Å². The van der Waals surface area contributed by atoms with E-state index >= 15 is 0 Å². The first-order chi connectivity index (χ1) is 5.79. The van der Waals surface area contributed by atoms with Crippen LogP contribution in [-0.4, -0.2) is 13.4 Å². The normalized spacial score (nSPS) is 9.92. The fourth-order valence-electron chi connectivity index (χ4n) is 1.01. The summed E-state index contributed by atoms with van der Waals surface area (Å²) in [5.41, 5.74) is 0.646. The highest BCUT2D eigenvalue weighted by Crippen LogP contribution is 2.24. The van der Waals surface area contributed by atoms with Gasteiger partial charge in [-0.2, -0.15) is 11.8 Å². The second kappa shape index (κ2) is 4.36. The van der Waals surface area contributed by atoms with Gasteiger partial charge in [-0.3, -0.25) is 0 Å². The summed E-state index contributed by atoms with van der Waals surface area (Å²) in [4.78, 5) is 0. The van der Waals surface area contributed by atoms with Crippen LogP contribution in [0.2, 0.25) is 0 Å². The Labute approximate surface area is 75.9 Å². The molecule has 1 aromatic rings. The monoisotopic (exact) mass is 186 g/mol. The maximum atomic E-state index is 13.1. The molecule has 0 saturated heterocycles. The van der Waals surface area contributed by atoms with Gasteiger partial charge >= 0.3 is 0 Å². The number of hydrogen-bond donors (Lipinski definition) is 0. The number of benzene rings is 1.